The highest BCUT2D eigenvalue weighted by Crippen LogP contribution is 2.50. The molecule has 0 saturated carbocycles. The summed E-state index contributed by atoms with van der Waals surface area (Å²) in [7, 11) is 0. The van der Waals surface area contributed by atoms with E-state index in [0.29, 0.717) is 32.9 Å². The summed E-state index contributed by atoms with van der Waals surface area (Å²) >= 11 is 2.12. The van der Waals surface area contributed by atoms with Crippen molar-refractivity contribution >= 4 is 57.9 Å². The number of urea groups is 1. The average molecular weight is 834 g/mol. The molecule has 0 unspecified atom stereocenters. The topological polar surface area (TPSA) is 88.2 Å². The molecule has 1 saturated heterocycles. The smallest absolute Gasteiger partial charge is 0.335 e. The molecular formula is C44H37FIN3O5. The van der Waals surface area contributed by atoms with Crippen LogP contribution in [0.4, 0.5) is 20.6 Å². The summed E-state index contributed by atoms with van der Waals surface area (Å²) in [4.78, 5) is 45.0. The molecule has 5 aromatic rings. The number of carbonyl (C=O) groups is 3. The van der Waals surface area contributed by atoms with Crippen LogP contribution in [-0.2, 0) is 16.2 Å². The zero-order valence-corrected chi connectivity index (χ0v) is 31.7. The van der Waals surface area contributed by atoms with Crippen molar-refractivity contribution in [3.8, 4) is 11.5 Å². The number of benzene rings is 5. The molecule has 8 rings (SSSR count). The summed E-state index contributed by atoms with van der Waals surface area (Å²) in [5, 5.41) is 2.43. The minimum Gasteiger partial charge on any atom is -0.490 e. The quantitative estimate of drug-likeness (QED) is 0.0907. The van der Waals surface area contributed by atoms with E-state index in [2.05, 4.69) is 57.1 Å². The second-order valence-electron chi connectivity index (χ2n) is 13.6. The SMILES string of the molecule is CCOc1cc(/C=C2\C(=O)NC(=O)N(c3cc4c5c(c3)[C@@H](c3ccccc3)CCN5CC[C@@H]4c3ccccc3)C2=O)cc(I)c1OCc1ccc(F)cc1. The highest BCUT2D eigenvalue weighted by Gasteiger charge is 2.40. The van der Waals surface area contributed by atoms with Gasteiger partial charge in [-0.25, -0.2) is 14.1 Å². The molecule has 5 aromatic carbocycles. The van der Waals surface area contributed by atoms with E-state index >= 15 is 0 Å². The molecule has 3 aliphatic heterocycles. The van der Waals surface area contributed by atoms with Crippen LogP contribution in [-0.4, -0.2) is 37.5 Å². The molecule has 0 aromatic heterocycles. The first kappa shape index (κ1) is 35.5. The number of imide groups is 2. The number of nitrogens with zero attached hydrogens (tertiary/aromatic N) is 2. The van der Waals surface area contributed by atoms with Crippen LogP contribution < -0.4 is 24.6 Å². The minimum absolute atomic E-state index is 0.0631. The number of anilines is 2. The second-order valence-corrected chi connectivity index (χ2v) is 14.8. The van der Waals surface area contributed by atoms with Crippen LogP contribution in [0.1, 0.15) is 65.0 Å². The Hall–Kier alpha value is -5.49. The lowest BCUT2D eigenvalue weighted by atomic mass is 9.76. The van der Waals surface area contributed by atoms with Crippen LogP contribution in [0.3, 0.4) is 0 Å². The summed E-state index contributed by atoms with van der Waals surface area (Å²) in [6.45, 7) is 4.19. The van der Waals surface area contributed by atoms with Crippen LogP contribution in [0.15, 0.2) is 115 Å². The van der Waals surface area contributed by atoms with E-state index in [1.54, 1.807) is 24.3 Å². The number of amides is 4. The van der Waals surface area contributed by atoms with E-state index in [-0.39, 0.29) is 29.8 Å². The van der Waals surface area contributed by atoms with E-state index in [4.69, 9.17) is 9.47 Å². The van der Waals surface area contributed by atoms with Gasteiger partial charge in [-0.05, 0) is 118 Å². The fraction of sp³-hybridized carbons (Fsp3) is 0.205. The number of barbiturate groups is 1. The van der Waals surface area contributed by atoms with Crippen LogP contribution in [0, 0.1) is 9.39 Å². The molecular weight excluding hydrogens is 796 g/mol. The Labute approximate surface area is 326 Å². The lowest BCUT2D eigenvalue weighted by molar-refractivity contribution is -0.122. The zero-order chi connectivity index (χ0) is 37.3. The third-order valence-electron chi connectivity index (χ3n) is 10.3. The fourth-order valence-electron chi connectivity index (χ4n) is 7.84. The molecule has 2 atom stereocenters. The molecule has 1 N–H and O–H groups in total. The van der Waals surface area contributed by atoms with E-state index in [1.807, 2.05) is 55.5 Å². The molecule has 0 radical (unpaired) electrons. The third-order valence-corrected chi connectivity index (χ3v) is 11.1. The Morgan fingerprint density at radius 1 is 0.815 bits per heavy atom. The van der Waals surface area contributed by atoms with Gasteiger partial charge in [0.1, 0.15) is 18.0 Å². The van der Waals surface area contributed by atoms with Crippen LogP contribution in [0.25, 0.3) is 6.08 Å². The monoisotopic (exact) mass is 833 g/mol. The minimum atomic E-state index is -0.792. The van der Waals surface area contributed by atoms with Crippen molar-refractivity contribution < 1.29 is 28.2 Å². The average Bonchev–Trinajstić information content (AvgIpc) is 3.18. The molecule has 0 bridgehead atoms. The molecule has 3 aliphatic rings. The predicted molar refractivity (Wildman–Crippen MR) is 215 cm³/mol. The van der Waals surface area contributed by atoms with Gasteiger partial charge >= 0.3 is 6.03 Å². The molecule has 8 nitrogen and oxygen atoms in total. The predicted octanol–water partition coefficient (Wildman–Crippen LogP) is 8.95. The number of rotatable bonds is 9. The Bertz CT molecular complexity index is 2210. The van der Waals surface area contributed by atoms with Crippen molar-refractivity contribution in [2.24, 2.45) is 0 Å². The highest BCUT2D eigenvalue weighted by molar-refractivity contribution is 14.1. The number of carbonyl (C=O) groups excluding carboxylic acids is 3. The first-order chi connectivity index (χ1) is 26.3. The lowest BCUT2D eigenvalue weighted by Crippen LogP contribution is -2.54. The maximum atomic E-state index is 14.4. The normalized spacial score (nSPS) is 18.7. The Morgan fingerprint density at radius 2 is 1.43 bits per heavy atom. The van der Waals surface area contributed by atoms with Crippen LogP contribution in [0.2, 0.25) is 0 Å². The van der Waals surface area contributed by atoms with Gasteiger partial charge in [-0.3, -0.25) is 14.9 Å². The number of halogens is 2. The van der Waals surface area contributed by atoms with Gasteiger partial charge in [-0.15, -0.1) is 0 Å². The molecule has 272 valence electrons. The lowest BCUT2D eigenvalue weighted by Gasteiger charge is -2.44. The largest absolute Gasteiger partial charge is 0.490 e. The third kappa shape index (κ3) is 6.86. The highest BCUT2D eigenvalue weighted by atomic mass is 127. The first-order valence-electron chi connectivity index (χ1n) is 18.1. The zero-order valence-electron chi connectivity index (χ0n) is 29.6. The molecule has 1 fully saturated rings. The van der Waals surface area contributed by atoms with Gasteiger partial charge in [-0.2, -0.15) is 0 Å². The number of hydrogen-bond donors (Lipinski definition) is 1. The van der Waals surface area contributed by atoms with Crippen molar-refractivity contribution in [1.29, 1.82) is 0 Å². The number of nitrogens with one attached hydrogen (secondary N) is 1. The molecule has 54 heavy (non-hydrogen) atoms. The van der Waals surface area contributed by atoms with Crippen molar-refractivity contribution in [1.82, 2.24) is 5.32 Å². The van der Waals surface area contributed by atoms with E-state index in [9.17, 15) is 18.8 Å². The van der Waals surface area contributed by atoms with Crippen molar-refractivity contribution in [3.63, 3.8) is 0 Å². The van der Waals surface area contributed by atoms with Crippen molar-refractivity contribution in [2.45, 2.75) is 38.2 Å². The molecule has 0 aliphatic carbocycles. The van der Waals surface area contributed by atoms with Gasteiger partial charge < -0.3 is 14.4 Å². The Kier molecular flexibility index (Phi) is 9.93. The van der Waals surface area contributed by atoms with Gasteiger partial charge in [-0.1, -0.05) is 72.8 Å². The van der Waals surface area contributed by atoms with Gasteiger partial charge in [0.25, 0.3) is 11.8 Å². The molecule has 0 spiro atoms. The maximum Gasteiger partial charge on any atom is 0.335 e. The van der Waals surface area contributed by atoms with Crippen LogP contribution >= 0.6 is 22.6 Å². The van der Waals surface area contributed by atoms with E-state index in [0.717, 1.165) is 53.2 Å². The number of hydrogen-bond acceptors (Lipinski definition) is 6. The van der Waals surface area contributed by atoms with Crippen molar-refractivity contribution in [2.75, 3.05) is 29.5 Å². The molecule has 3 heterocycles. The summed E-state index contributed by atoms with van der Waals surface area (Å²) in [6.07, 6.45) is 3.27. The first-order valence-corrected chi connectivity index (χ1v) is 19.1. The summed E-state index contributed by atoms with van der Waals surface area (Å²) in [6, 6.07) is 33.4. The fourth-order valence-corrected chi connectivity index (χ4v) is 8.62. The van der Waals surface area contributed by atoms with Gasteiger partial charge in [0.05, 0.1) is 15.9 Å². The van der Waals surface area contributed by atoms with Crippen molar-refractivity contribution in [3.05, 3.63) is 158 Å². The molecule has 4 amide bonds. The standard InChI is InChI=1S/C44H37FIN3O5/c1-2-53-39-23-28(22-38(46)41(39)54-26-27-13-15-31(45)16-14-27)21-37-42(50)47-44(52)49(43(37)51)32-24-35-33(29-9-5-3-6-10-29)17-19-48-20-18-34(36(25-32)40(35)48)30-11-7-4-8-12-30/h3-16,21-25,33-34H,2,17-20,26H2,1H3,(H,47,50,52)/b37-21+/t33-,34-/m1/s1. The van der Waals surface area contributed by atoms with Gasteiger partial charge in [0.2, 0.25) is 0 Å². The molecule has 10 heteroatoms. The number of ether oxygens (including phenoxy) is 2. The van der Waals surface area contributed by atoms with Crippen LogP contribution in [0.5, 0.6) is 11.5 Å². The second kappa shape index (κ2) is 15.1. The Morgan fingerprint density at radius 3 is 2.02 bits per heavy atom. The van der Waals surface area contributed by atoms with E-state index in [1.165, 1.54) is 29.3 Å². The van der Waals surface area contributed by atoms with Gasteiger partial charge in [0.15, 0.2) is 11.5 Å². The Balaban J connectivity index is 1.19. The van der Waals surface area contributed by atoms with Gasteiger partial charge in [0, 0.05) is 30.6 Å². The van der Waals surface area contributed by atoms with E-state index < -0.39 is 17.8 Å². The summed E-state index contributed by atoms with van der Waals surface area (Å²) in [5.74, 6) is -0.785. The summed E-state index contributed by atoms with van der Waals surface area (Å²) < 4.78 is 26.2. The summed E-state index contributed by atoms with van der Waals surface area (Å²) in [5.41, 5.74) is 7.19. The maximum absolute atomic E-state index is 14.4.